The standard InChI is InChI=1S/C16H20N4O2S/c1-19-15(13-5-3-2-4-6-13)17-18-16(19)23-12-7-14(21)20-8-10-22-11-9-20/h2-6H,7-12H2,1H3. The number of aromatic nitrogens is 3. The van der Waals surface area contributed by atoms with Crippen molar-refractivity contribution in [3.05, 3.63) is 30.3 Å². The van der Waals surface area contributed by atoms with E-state index in [2.05, 4.69) is 10.2 Å². The number of amides is 1. The maximum atomic E-state index is 12.1. The minimum atomic E-state index is 0.186. The molecule has 0 radical (unpaired) electrons. The molecular weight excluding hydrogens is 312 g/mol. The van der Waals surface area contributed by atoms with Crippen LogP contribution in [-0.2, 0) is 16.6 Å². The van der Waals surface area contributed by atoms with Gasteiger partial charge >= 0.3 is 0 Å². The number of morpholine rings is 1. The van der Waals surface area contributed by atoms with E-state index in [1.165, 1.54) is 0 Å². The highest BCUT2D eigenvalue weighted by Gasteiger charge is 2.17. The Bertz CT molecular complexity index is 653. The van der Waals surface area contributed by atoms with Crippen LogP contribution in [0.25, 0.3) is 11.4 Å². The van der Waals surface area contributed by atoms with Gasteiger partial charge in [-0.05, 0) is 0 Å². The first-order valence-electron chi connectivity index (χ1n) is 7.69. The van der Waals surface area contributed by atoms with Gasteiger partial charge in [0.15, 0.2) is 11.0 Å². The van der Waals surface area contributed by atoms with E-state index in [0.717, 1.165) is 16.5 Å². The van der Waals surface area contributed by atoms with Crippen molar-refractivity contribution < 1.29 is 9.53 Å². The summed E-state index contributed by atoms with van der Waals surface area (Å²) < 4.78 is 7.23. The van der Waals surface area contributed by atoms with Gasteiger partial charge in [-0.1, -0.05) is 42.1 Å². The Labute approximate surface area is 139 Å². The third-order valence-electron chi connectivity index (χ3n) is 3.78. The predicted octanol–water partition coefficient (Wildman–Crippen LogP) is 1.82. The van der Waals surface area contributed by atoms with E-state index in [0.29, 0.717) is 38.5 Å². The van der Waals surface area contributed by atoms with E-state index in [4.69, 9.17) is 4.74 Å². The Kier molecular flexibility index (Phi) is 5.30. The van der Waals surface area contributed by atoms with Crippen LogP contribution in [0.4, 0.5) is 0 Å². The van der Waals surface area contributed by atoms with Crippen molar-refractivity contribution in [3.63, 3.8) is 0 Å². The third kappa shape index (κ3) is 3.92. The van der Waals surface area contributed by atoms with Crippen LogP contribution in [0, 0.1) is 0 Å². The third-order valence-corrected chi connectivity index (χ3v) is 4.80. The van der Waals surface area contributed by atoms with E-state index in [1.807, 2.05) is 46.8 Å². The van der Waals surface area contributed by atoms with Crippen LogP contribution < -0.4 is 0 Å². The second kappa shape index (κ2) is 7.61. The van der Waals surface area contributed by atoms with Crippen molar-refractivity contribution in [2.24, 2.45) is 7.05 Å². The summed E-state index contributed by atoms with van der Waals surface area (Å²) in [4.78, 5) is 14.0. The second-order valence-corrected chi connectivity index (χ2v) is 6.38. The number of nitrogens with zero attached hydrogens (tertiary/aromatic N) is 4. The van der Waals surface area contributed by atoms with Crippen LogP contribution in [-0.4, -0.2) is 57.6 Å². The predicted molar refractivity (Wildman–Crippen MR) is 89.2 cm³/mol. The molecule has 1 aromatic heterocycles. The Morgan fingerprint density at radius 3 is 2.70 bits per heavy atom. The number of hydrogen-bond acceptors (Lipinski definition) is 5. The van der Waals surface area contributed by atoms with Gasteiger partial charge in [-0.2, -0.15) is 0 Å². The van der Waals surface area contributed by atoms with E-state index < -0.39 is 0 Å². The summed E-state index contributed by atoms with van der Waals surface area (Å²) in [5.41, 5.74) is 1.04. The van der Waals surface area contributed by atoms with Crippen molar-refractivity contribution in [2.45, 2.75) is 11.6 Å². The summed E-state index contributed by atoms with van der Waals surface area (Å²) in [5, 5.41) is 9.32. The van der Waals surface area contributed by atoms with E-state index in [-0.39, 0.29) is 5.91 Å². The van der Waals surface area contributed by atoms with Gasteiger partial charge in [0.05, 0.1) is 13.2 Å². The first kappa shape index (κ1) is 16.0. The van der Waals surface area contributed by atoms with Crippen LogP contribution in [0.5, 0.6) is 0 Å². The molecule has 0 saturated carbocycles. The van der Waals surface area contributed by atoms with Gasteiger partial charge in [-0.15, -0.1) is 10.2 Å². The summed E-state index contributed by atoms with van der Waals surface area (Å²) >= 11 is 1.57. The van der Waals surface area contributed by atoms with Gasteiger partial charge < -0.3 is 14.2 Å². The molecule has 0 bridgehead atoms. The van der Waals surface area contributed by atoms with Gasteiger partial charge in [0, 0.05) is 37.9 Å². The summed E-state index contributed by atoms with van der Waals surface area (Å²) in [6.45, 7) is 2.68. The lowest BCUT2D eigenvalue weighted by Crippen LogP contribution is -2.40. The Morgan fingerprint density at radius 2 is 1.96 bits per heavy atom. The van der Waals surface area contributed by atoms with Gasteiger partial charge in [-0.3, -0.25) is 4.79 Å². The first-order chi connectivity index (χ1) is 11.3. The van der Waals surface area contributed by atoms with Crippen LogP contribution in [0.1, 0.15) is 6.42 Å². The summed E-state index contributed by atoms with van der Waals surface area (Å²) in [6.07, 6.45) is 0.512. The highest BCUT2D eigenvalue weighted by molar-refractivity contribution is 7.99. The summed E-state index contributed by atoms with van der Waals surface area (Å²) in [5.74, 6) is 1.73. The second-order valence-electron chi connectivity index (χ2n) is 5.32. The normalized spacial score (nSPS) is 14.9. The molecule has 122 valence electrons. The molecule has 1 aliphatic rings. The zero-order valence-electron chi connectivity index (χ0n) is 13.1. The van der Waals surface area contributed by atoms with Gasteiger partial charge in [-0.25, -0.2) is 0 Å². The van der Waals surface area contributed by atoms with Gasteiger partial charge in [0.1, 0.15) is 0 Å². The lowest BCUT2D eigenvalue weighted by molar-refractivity contribution is -0.134. The SMILES string of the molecule is Cn1c(SCCC(=O)N2CCOCC2)nnc1-c1ccccc1. The van der Waals surface area contributed by atoms with Gasteiger partial charge in [0.2, 0.25) is 5.91 Å². The van der Waals surface area contributed by atoms with Crippen molar-refractivity contribution in [3.8, 4) is 11.4 Å². The van der Waals surface area contributed by atoms with Crippen LogP contribution in [0.3, 0.4) is 0 Å². The van der Waals surface area contributed by atoms with Crippen molar-refractivity contribution in [1.82, 2.24) is 19.7 Å². The minimum Gasteiger partial charge on any atom is -0.378 e. The average Bonchev–Trinajstić information content (AvgIpc) is 2.97. The number of benzene rings is 1. The summed E-state index contributed by atoms with van der Waals surface area (Å²) in [6, 6.07) is 9.98. The van der Waals surface area contributed by atoms with E-state index >= 15 is 0 Å². The zero-order chi connectivity index (χ0) is 16.1. The lowest BCUT2D eigenvalue weighted by Gasteiger charge is -2.26. The smallest absolute Gasteiger partial charge is 0.223 e. The molecule has 0 N–H and O–H groups in total. The average molecular weight is 332 g/mol. The molecule has 2 aromatic rings. The molecule has 1 aliphatic heterocycles. The highest BCUT2D eigenvalue weighted by Crippen LogP contribution is 2.22. The zero-order valence-corrected chi connectivity index (χ0v) is 14.0. The number of carbonyl (C=O) groups is 1. The molecule has 1 amide bonds. The maximum Gasteiger partial charge on any atom is 0.223 e. The molecule has 0 spiro atoms. The molecular formula is C16H20N4O2S. The van der Waals surface area contributed by atoms with Crippen molar-refractivity contribution in [1.29, 1.82) is 0 Å². The molecule has 0 unspecified atom stereocenters. The van der Waals surface area contributed by atoms with Crippen LogP contribution in [0.15, 0.2) is 35.5 Å². The van der Waals surface area contributed by atoms with Crippen molar-refractivity contribution >= 4 is 17.7 Å². The Balaban J connectivity index is 1.55. The summed E-state index contributed by atoms with van der Waals surface area (Å²) in [7, 11) is 1.95. The molecule has 3 rings (SSSR count). The molecule has 0 atom stereocenters. The largest absolute Gasteiger partial charge is 0.378 e. The number of thioether (sulfide) groups is 1. The molecule has 23 heavy (non-hydrogen) atoms. The number of ether oxygens (including phenoxy) is 1. The fraction of sp³-hybridized carbons (Fsp3) is 0.438. The van der Waals surface area contributed by atoms with Crippen molar-refractivity contribution in [2.75, 3.05) is 32.1 Å². The Hall–Kier alpha value is -1.86. The van der Waals surface area contributed by atoms with Crippen LogP contribution >= 0.6 is 11.8 Å². The fourth-order valence-electron chi connectivity index (χ4n) is 2.48. The van der Waals surface area contributed by atoms with E-state index in [9.17, 15) is 4.79 Å². The molecule has 1 saturated heterocycles. The highest BCUT2D eigenvalue weighted by atomic mass is 32.2. The molecule has 1 aromatic carbocycles. The molecule has 6 nitrogen and oxygen atoms in total. The molecule has 7 heteroatoms. The molecule has 0 aliphatic carbocycles. The Morgan fingerprint density at radius 1 is 1.22 bits per heavy atom. The topological polar surface area (TPSA) is 60.2 Å². The number of hydrogen-bond donors (Lipinski definition) is 0. The first-order valence-corrected chi connectivity index (χ1v) is 8.67. The molecule has 2 heterocycles. The number of rotatable bonds is 5. The van der Waals surface area contributed by atoms with E-state index in [1.54, 1.807) is 11.8 Å². The molecule has 1 fully saturated rings. The number of carbonyl (C=O) groups excluding carboxylic acids is 1. The quantitative estimate of drug-likeness (QED) is 0.782. The fourth-order valence-corrected chi connectivity index (χ4v) is 3.32. The lowest BCUT2D eigenvalue weighted by atomic mass is 10.2. The monoisotopic (exact) mass is 332 g/mol. The minimum absolute atomic E-state index is 0.186. The van der Waals surface area contributed by atoms with Gasteiger partial charge in [0.25, 0.3) is 0 Å². The maximum absolute atomic E-state index is 12.1. The van der Waals surface area contributed by atoms with Crippen LogP contribution in [0.2, 0.25) is 0 Å².